The molecule has 0 aliphatic rings. The number of nitrogens with zero attached hydrogens (tertiary/aromatic N) is 3. The highest BCUT2D eigenvalue weighted by Crippen LogP contribution is 2.12. The van der Waals surface area contributed by atoms with Crippen molar-refractivity contribution in [2.24, 2.45) is 7.05 Å². The van der Waals surface area contributed by atoms with Crippen LogP contribution in [0.1, 0.15) is 28.5 Å². The van der Waals surface area contributed by atoms with Crippen molar-refractivity contribution < 1.29 is 4.79 Å². The lowest BCUT2D eigenvalue weighted by Crippen LogP contribution is -2.33. The molecule has 1 aromatic carbocycles. The maximum Gasteiger partial charge on any atom is 0.274 e. The number of amides is 1. The molecule has 0 aliphatic heterocycles. The first kappa shape index (κ1) is 15.0. The van der Waals surface area contributed by atoms with E-state index in [4.69, 9.17) is 0 Å². The zero-order valence-corrected chi connectivity index (χ0v) is 12.5. The lowest BCUT2D eigenvalue weighted by molar-refractivity contribution is 0.0744. The molecule has 0 atom stereocenters. The fraction of sp³-hybridized carbons (Fsp3) is 0.312. The van der Waals surface area contributed by atoms with E-state index in [1.54, 1.807) is 4.90 Å². The lowest BCUT2D eigenvalue weighted by Gasteiger charge is -2.21. The summed E-state index contributed by atoms with van der Waals surface area (Å²) in [5.74, 6) is -0.170. The van der Waals surface area contributed by atoms with Gasteiger partial charge in [-0.15, -0.1) is 0 Å². The van der Waals surface area contributed by atoms with Crippen LogP contribution in [-0.2, 0) is 13.6 Å². The van der Waals surface area contributed by atoms with Crippen LogP contribution in [0.15, 0.2) is 41.2 Å². The minimum absolute atomic E-state index is 0.170. The van der Waals surface area contributed by atoms with Crippen molar-refractivity contribution in [1.29, 1.82) is 0 Å². The summed E-state index contributed by atoms with van der Waals surface area (Å²) in [4.78, 5) is 25.6. The van der Waals surface area contributed by atoms with E-state index in [9.17, 15) is 9.59 Å². The molecule has 0 saturated carbocycles. The Hall–Kier alpha value is -2.43. The quantitative estimate of drug-likeness (QED) is 0.860. The Bertz CT molecular complexity index is 707. The van der Waals surface area contributed by atoms with Crippen LogP contribution in [0.2, 0.25) is 0 Å². The van der Waals surface area contributed by atoms with Crippen molar-refractivity contribution in [1.82, 2.24) is 14.7 Å². The Labute approximate surface area is 123 Å². The monoisotopic (exact) mass is 285 g/mol. The van der Waals surface area contributed by atoms with Crippen LogP contribution in [0.5, 0.6) is 0 Å². The van der Waals surface area contributed by atoms with E-state index in [1.807, 2.05) is 38.1 Å². The van der Waals surface area contributed by atoms with Crippen molar-refractivity contribution in [2.75, 3.05) is 6.54 Å². The number of aryl methyl sites for hydroxylation is 2. The van der Waals surface area contributed by atoms with E-state index in [0.717, 1.165) is 11.1 Å². The lowest BCUT2D eigenvalue weighted by atomic mass is 10.1. The zero-order chi connectivity index (χ0) is 15.4. The Morgan fingerprint density at radius 2 is 1.95 bits per heavy atom. The summed E-state index contributed by atoms with van der Waals surface area (Å²) < 4.78 is 1.18. The van der Waals surface area contributed by atoms with Gasteiger partial charge in [-0.1, -0.05) is 24.3 Å². The molecule has 1 aromatic heterocycles. The summed E-state index contributed by atoms with van der Waals surface area (Å²) >= 11 is 0. The average molecular weight is 285 g/mol. The second-order valence-electron chi connectivity index (χ2n) is 4.93. The maximum absolute atomic E-state index is 12.5. The van der Waals surface area contributed by atoms with Gasteiger partial charge in [0.15, 0.2) is 0 Å². The number of rotatable bonds is 4. The largest absolute Gasteiger partial charge is 0.333 e. The van der Waals surface area contributed by atoms with Crippen LogP contribution in [0.25, 0.3) is 0 Å². The highest BCUT2D eigenvalue weighted by Gasteiger charge is 2.17. The molecule has 2 rings (SSSR count). The van der Waals surface area contributed by atoms with Gasteiger partial charge in [0.05, 0.1) is 0 Å². The first-order valence-electron chi connectivity index (χ1n) is 6.91. The van der Waals surface area contributed by atoms with Crippen molar-refractivity contribution in [3.8, 4) is 0 Å². The number of benzene rings is 1. The van der Waals surface area contributed by atoms with E-state index in [0.29, 0.717) is 13.1 Å². The molecule has 110 valence electrons. The standard InChI is InChI=1S/C16H19N3O2/c1-4-19(11-13-8-6-5-7-12(13)2)16(21)14-9-10-15(20)18(3)17-14/h5-10H,4,11H2,1-3H3. The molecular weight excluding hydrogens is 266 g/mol. The van der Waals surface area contributed by atoms with Crippen LogP contribution < -0.4 is 5.56 Å². The van der Waals surface area contributed by atoms with Crippen LogP contribution >= 0.6 is 0 Å². The molecule has 21 heavy (non-hydrogen) atoms. The van der Waals surface area contributed by atoms with Gasteiger partial charge < -0.3 is 4.90 Å². The molecule has 0 unspecified atom stereocenters. The first-order valence-corrected chi connectivity index (χ1v) is 6.91. The van der Waals surface area contributed by atoms with E-state index >= 15 is 0 Å². The van der Waals surface area contributed by atoms with Gasteiger partial charge in [0.2, 0.25) is 0 Å². The van der Waals surface area contributed by atoms with Gasteiger partial charge in [-0.25, -0.2) is 4.68 Å². The summed E-state index contributed by atoms with van der Waals surface area (Å²) in [7, 11) is 1.54. The smallest absolute Gasteiger partial charge is 0.274 e. The first-order chi connectivity index (χ1) is 10.0. The predicted octanol–water partition coefficient (Wildman–Crippen LogP) is 1.75. The van der Waals surface area contributed by atoms with Gasteiger partial charge in [-0.05, 0) is 31.0 Å². The molecule has 0 N–H and O–H groups in total. The Kier molecular flexibility index (Phi) is 4.52. The number of aromatic nitrogens is 2. The fourth-order valence-electron chi connectivity index (χ4n) is 2.10. The molecule has 1 heterocycles. The van der Waals surface area contributed by atoms with Crippen LogP contribution in [-0.4, -0.2) is 27.1 Å². The number of carbonyl (C=O) groups is 1. The Morgan fingerprint density at radius 1 is 1.24 bits per heavy atom. The molecule has 0 aliphatic carbocycles. The van der Waals surface area contributed by atoms with Crippen molar-refractivity contribution in [2.45, 2.75) is 20.4 Å². The van der Waals surface area contributed by atoms with Gasteiger partial charge in [0, 0.05) is 26.2 Å². The number of hydrogen-bond donors (Lipinski definition) is 0. The van der Waals surface area contributed by atoms with Gasteiger partial charge in [0.25, 0.3) is 11.5 Å². The van der Waals surface area contributed by atoms with Crippen LogP contribution in [0.3, 0.4) is 0 Å². The fourth-order valence-corrected chi connectivity index (χ4v) is 2.10. The van der Waals surface area contributed by atoms with E-state index in [2.05, 4.69) is 5.10 Å². The minimum atomic E-state index is -0.228. The zero-order valence-electron chi connectivity index (χ0n) is 12.5. The third-order valence-electron chi connectivity index (χ3n) is 3.47. The highest BCUT2D eigenvalue weighted by molar-refractivity contribution is 5.92. The van der Waals surface area contributed by atoms with Gasteiger partial charge in [-0.2, -0.15) is 5.10 Å². The number of carbonyl (C=O) groups excluding carboxylic acids is 1. The van der Waals surface area contributed by atoms with Crippen LogP contribution in [0, 0.1) is 6.92 Å². The van der Waals surface area contributed by atoms with E-state index in [-0.39, 0.29) is 17.2 Å². The van der Waals surface area contributed by atoms with Gasteiger partial charge >= 0.3 is 0 Å². The van der Waals surface area contributed by atoms with Crippen molar-refractivity contribution in [3.63, 3.8) is 0 Å². The second kappa shape index (κ2) is 6.35. The maximum atomic E-state index is 12.5. The summed E-state index contributed by atoms with van der Waals surface area (Å²) in [5.41, 5.74) is 2.32. The van der Waals surface area contributed by atoms with Crippen molar-refractivity contribution >= 4 is 5.91 Å². The topological polar surface area (TPSA) is 55.2 Å². The highest BCUT2D eigenvalue weighted by atomic mass is 16.2. The number of hydrogen-bond acceptors (Lipinski definition) is 3. The Morgan fingerprint density at radius 3 is 2.57 bits per heavy atom. The molecule has 0 spiro atoms. The van der Waals surface area contributed by atoms with E-state index < -0.39 is 0 Å². The molecule has 0 fully saturated rings. The molecule has 5 heteroatoms. The van der Waals surface area contributed by atoms with Crippen LogP contribution in [0.4, 0.5) is 0 Å². The molecule has 0 bridgehead atoms. The molecule has 0 saturated heterocycles. The molecule has 5 nitrogen and oxygen atoms in total. The van der Waals surface area contributed by atoms with Gasteiger partial charge in [0.1, 0.15) is 5.69 Å². The average Bonchev–Trinajstić information content (AvgIpc) is 2.48. The summed E-state index contributed by atoms with van der Waals surface area (Å²) in [6, 6.07) is 10.8. The second-order valence-corrected chi connectivity index (χ2v) is 4.93. The van der Waals surface area contributed by atoms with Crippen molar-refractivity contribution in [3.05, 3.63) is 63.6 Å². The summed E-state index contributed by atoms with van der Waals surface area (Å²) in [6.45, 7) is 5.07. The van der Waals surface area contributed by atoms with Gasteiger partial charge in [-0.3, -0.25) is 9.59 Å². The summed E-state index contributed by atoms with van der Waals surface area (Å²) in [5, 5.41) is 4.02. The summed E-state index contributed by atoms with van der Waals surface area (Å²) in [6.07, 6.45) is 0. The normalized spacial score (nSPS) is 10.4. The molecule has 0 radical (unpaired) electrons. The Balaban J connectivity index is 2.24. The predicted molar refractivity (Wildman–Crippen MR) is 81.1 cm³/mol. The molecule has 1 amide bonds. The third-order valence-corrected chi connectivity index (χ3v) is 3.47. The van der Waals surface area contributed by atoms with E-state index in [1.165, 1.54) is 23.9 Å². The third kappa shape index (κ3) is 3.37. The minimum Gasteiger partial charge on any atom is -0.333 e. The SMILES string of the molecule is CCN(Cc1ccccc1C)C(=O)c1ccc(=O)n(C)n1. The molecule has 2 aromatic rings. The molecular formula is C16H19N3O2.